The van der Waals surface area contributed by atoms with Crippen LogP contribution in [0.4, 0.5) is 4.79 Å². The molecule has 2 unspecified atom stereocenters. The van der Waals surface area contributed by atoms with E-state index in [9.17, 15) is 9.59 Å². The molecule has 0 saturated carbocycles. The molecule has 0 bridgehead atoms. The van der Waals surface area contributed by atoms with Crippen LogP contribution in [0.5, 0.6) is 0 Å². The normalized spacial score (nSPS) is 22.6. The lowest BCUT2D eigenvalue weighted by Crippen LogP contribution is -2.51. The Morgan fingerprint density at radius 1 is 1.00 bits per heavy atom. The molecule has 6 atom stereocenters. The van der Waals surface area contributed by atoms with Crippen molar-refractivity contribution < 1.29 is 28.9 Å². The first-order chi connectivity index (χ1) is 19.7. The fourth-order valence-corrected chi connectivity index (χ4v) is 5.88. The highest BCUT2D eigenvalue weighted by molar-refractivity contribution is 7.99. The Bertz CT molecular complexity index is 1010. The molecule has 7 nitrogen and oxygen atoms in total. The second-order valence-electron chi connectivity index (χ2n) is 10.6. The van der Waals surface area contributed by atoms with Crippen molar-refractivity contribution in [2.75, 3.05) is 18.9 Å². The molecule has 0 spiro atoms. The number of hydrogen-bond acceptors (Lipinski definition) is 7. The van der Waals surface area contributed by atoms with Gasteiger partial charge < -0.3 is 24.2 Å². The largest absolute Gasteiger partial charge is 0.459 e. The molecule has 0 radical (unpaired) electrons. The number of carbonyl (C=O) groups excluding carboxylic acids is 2. The van der Waals surface area contributed by atoms with Crippen molar-refractivity contribution >= 4 is 23.8 Å². The van der Waals surface area contributed by atoms with Crippen LogP contribution in [0.1, 0.15) is 65.5 Å². The summed E-state index contributed by atoms with van der Waals surface area (Å²) in [4.78, 5) is 25.2. The maximum atomic E-state index is 12.2. The van der Waals surface area contributed by atoms with Gasteiger partial charge in [-0.25, -0.2) is 4.79 Å². The van der Waals surface area contributed by atoms with Crippen molar-refractivity contribution in [1.29, 1.82) is 0 Å². The van der Waals surface area contributed by atoms with Gasteiger partial charge in [-0.15, -0.1) is 11.8 Å². The van der Waals surface area contributed by atoms with Gasteiger partial charge >= 0.3 is 12.1 Å². The lowest BCUT2D eigenvalue weighted by molar-refractivity contribution is -0.182. The smallest absolute Gasteiger partial charge is 0.410 e. The van der Waals surface area contributed by atoms with E-state index < -0.39 is 0 Å². The second-order valence-corrected chi connectivity index (χ2v) is 12.0. The van der Waals surface area contributed by atoms with Gasteiger partial charge in [-0.2, -0.15) is 0 Å². The van der Waals surface area contributed by atoms with Crippen LogP contribution < -0.4 is 0 Å². The topological polar surface area (TPSA) is 85.3 Å². The Morgan fingerprint density at radius 2 is 1.61 bits per heavy atom. The molecule has 1 aliphatic heterocycles. The summed E-state index contributed by atoms with van der Waals surface area (Å²) in [6.07, 6.45) is 1.42. The number of carbonyl (C=O) groups is 2. The van der Waals surface area contributed by atoms with Crippen LogP contribution in [0.3, 0.4) is 0 Å². The average Bonchev–Trinajstić information content (AvgIpc) is 2.98. The summed E-state index contributed by atoms with van der Waals surface area (Å²) >= 11 is 1.74. The zero-order chi connectivity index (χ0) is 30.2. The van der Waals surface area contributed by atoms with Gasteiger partial charge in [-0.3, -0.25) is 4.79 Å². The van der Waals surface area contributed by atoms with Crippen molar-refractivity contribution in [3.05, 3.63) is 71.8 Å². The van der Waals surface area contributed by atoms with Crippen LogP contribution in [0.2, 0.25) is 0 Å². The van der Waals surface area contributed by atoms with Crippen molar-refractivity contribution in [1.82, 2.24) is 4.90 Å². The molecule has 1 heterocycles. The summed E-state index contributed by atoms with van der Waals surface area (Å²) in [7, 11) is 0. The van der Waals surface area contributed by atoms with Crippen LogP contribution in [0.25, 0.3) is 0 Å². The number of nitrogens with zero attached hydrogens (tertiary/aromatic N) is 1. The number of thioether (sulfide) groups is 1. The first-order valence-corrected chi connectivity index (χ1v) is 15.8. The van der Waals surface area contributed by atoms with E-state index in [4.69, 9.17) is 19.3 Å². The van der Waals surface area contributed by atoms with Crippen LogP contribution in [-0.4, -0.2) is 58.6 Å². The van der Waals surface area contributed by atoms with Gasteiger partial charge in [0.05, 0.1) is 6.10 Å². The lowest BCUT2D eigenvalue weighted by atomic mass is 9.79. The van der Waals surface area contributed by atoms with Crippen molar-refractivity contribution in [2.24, 2.45) is 17.8 Å². The molecule has 1 N–H and O–H groups in total. The van der Waals surface area contributed by atoms with E-state index in [0.29, 0.717) is 37.3 Å². The summed E-state index contributed by atoms with van der Waals surface area (Å²) in [5, 5.41) is 8.99. The summed E-state index contributed by atoms with van der Waals surface area (Å²) < 4.78 is 17.1. The van der Waals surface area contributed by atoms with E-state index in [1.807, 2.05) is 60.7 Å². The quantitative estimate of drug-likeness (QED) is 0.270. The minimum atomic E-state index is -0.360. The molecule has 3 rings (SSSR count). The zero-order valence-electron chi connectivity index (χ0n) is 25.5. The minimum absolute atomic E-state index is 0.0286. The molecule has 1 saturated heterocycles. The van der Waals surface area contributed by atoms with Gasteiger partial charge in [0.15, 0.2) is 0 Å². The third kappa shape index (κ3) is 11.7. The number of aliphatic hydroxyl groups excluding tert-OH is 1. The van der Waals surface area contributed by atoms with Crippen molar-refractivity contribution in [3.8, 4) is 0 Å². The molecular weight excluding hydrogens is 538 g/mol. The number of ether oxygens (including phenoxy) is 3. The maximum Gasteiger partial charge on any atom is 0.410 e. The Morgan fingerprint density at radius 3 is 2.15 bits per heavy atom. The summed E-state index contributed by atoms with van der Waals surface area (Å²) in [5.41, 5.74) is 1.97. The summed E-state index contributed by atoms with van der Waals surface area (Å²) in [6.45, 7) is 13.7. The molecule has 8 heteroatoms. The molecule has 2 aromatic rings. The SMILES string of the molecule is CCS[C@H]1OC([C@H](C)CC)[C@@H](C)[C@H](C)C1OC(C)=O.O=C(OCc1ccccc1)N(CCCO)Cc1ccccc1. The first kappa shape index (κ1) is 34.7. The molecule has 41 heavy (non-hydrogen) atoms. The number of rotatable bonds is 12. The zero-order valence-corrected chi connectivity index (χ0v) is 26.3. The predicted octanol–water partition coefficient (Wildman–Crippen LogP) is 6.92. The van der Waals surface area contributed by atoms with Gasteiger partial charge in [0.25, 0.3) is 0 Å². The van der Waals surface area contributed by atoms with E-state index in [1.54, 1.807) is 16.7 Å². The Balaban J connectivity index is 0.000000290. The number of benzene rings is 2. The number of esters is 1. The third-order valence-electron chi connectivity index (χ3n) is 7.53. The van der Waals surface area contributed by atoms with Crippen LogP contribution >= 0.6 is 11.8 Å². The van der Waals surface area contributed by atoms with Crippen molar-refractivity contribution in [3.63, 3.8) is 0 Å². The Labute approximate surface area is 250 Å². The number of amides is 1. The Hall–Kier alpha value is -2.55. The Kier molecular flexibility index (Phi) is 15.9. The van der Waals surface area contributed by atoms with Gasteiger partial charge in [0, 0.05) is 32.5 Å². The van der Waals surface area contributed by atoms with Gasteiger partial charge in [-0.1, -0.05) is 102 Å². The van der Waals surface area contributed by atoms with E-state index in [0.717, 1.165) is 23.3 Å². The predicted molar refractivity (Wildman–Crippen MR) is 165 cm³/mol. The van der Waals surface area contributed by atoms with Crippen molar-refractivity contribution in [2.45, 2.75) is 85.2 Å². The van der Waals surface area contributed by atoms with E-state index in [2.05, 4.69) is 34.6 Å². The van der Waals surface area contributed by atoms with E-state index in [1.165, 1.54) is 6.92 Å². The fraction of sp³-hybridized carbons (Fsp3) is 0.576. The van der Waals surface area contributed by atoms with Gasteiger partial charge in [-0.05, 0) is 35.1 Å². The standard InChI is InChI=1S/C18H21NO3.C15H28O3S/c20-13-7-12-19(14-16-8-3-1-4-9-16)18(21)22-15-17-10-5-2-6-11-17;1-7-9(3)13-10(4)11(5)14(17-12(6)16)15(18-13)19-8-2/h1-6,8-11,20H,7,12-15H2;9-11,13-15H,7-8H2,1-6H3/t;9-,10+,11+,13?,14?,15-/m.1/s1. The molecule has 1 amide bonds. The minimum Gasteiger partial charge on any atom is -0.459 e. The fourth-order valence-electron chi connectivity index (χ4n) is 4.85. The van der Waals surface area contributed by atoms with Crippen LogP contribution in [0.15, 0.2) is 60.7 Å². The van der Waals surface area contributed by atoms with Crippen LogP contribution in [0, 0.1) is 17.8 Å². The first-order valence-electron chi connectivity index (χ1n) is 14.8. The second kappa shape index (κ2) is 18.8. The molecular formula is C33H49NO6S. The lowest BCUT2D eigenvalue weighted by Gasteiger charge is -2.45. The molecule has 2 aromatic carbocycles. The number of aliphatic hydroxyl groups is 1. The molecule has 228 valence electrons. The molecule has 0 aromatic heterocycles. The van der Waals surface area contributed by atoms with Gasteiger partial charge in [0.2, 0.25) is 0 Å². The van der Waals surface area contributed by atoms with E-state index in [-0.39, 0.29) is 42.9 Å². The maximum absolute atomic E-state index is 12.2. The third-order valence-corrected chi connectivity index (χ3v) is 8.57. The van der Waals surface area contributed by atoms with E-state index >= 15 is 0 Å². The number of hydrogen-bond donors (Lipinski definition) is 1. The monoisotopic (exact) mass is 587 g/mol. The highest BCUT2D eigenvalue weighted by Crippen LogP contribution is 2.40. The molecule has 1 aliphatic rings. The molecule has 0 aliphatic carbocycles. The average molecular weight is 588 g/mol. The van der Waals surface area contributed by atoms with Gasteiger partial charge in [0.1, 0.15) is 18.1 Å². The summed E-state index contributed by atoms with van der Waals surface area (Å²) in [5.74, 6) is 2.04. The highest BCUT2D eigenvalue weighted by Gasteiger charge is 2.44. The summed E-state index contributed by atoms with van der Waals surface area (Å²) in [6, 6.07) is 19.3. The van der Waals surface area contributed by atoms with Crippen LogP contribution in [-0.2, 0) is 32.2 Å². The highest BCUT2D eigenvalue weighted by atomic mass is 32.2. The molecule has 1 fully saturated rings.